The molecule has 1 aromatic carbocycles. The van der Waals surface area contributed by atoms with Crippen LogP contribution in [0.3, 0.4) is 0 Å². The van der Waals surface area contributed by atoms with Crippen molar-refractivity contribution in [3.63, 3.8) is 0 Å². The number of nitrogens with zero attached hydrogens (tertiary/aromatic N) is 5. The van der Waals surface area contributed by atoms with Crippen LogP contribution in [0.1, 0.15) is 41.6 Å². The molecule has 0 unspecified atom stereocenters. The highest BCUT2D eigenvalue weighted by Crippen LogP contribution is 2.23. The number of hydrogen-bond donors (Lipinski definition) is 1. The zero-order valence-electron chi connectivity index (χ0n) is 16.6. The average Bonchev–Trinajstić information content (AvgIpc) is 3.24. The van der Waals surface area contributed by atoms with Gasteiger partial charge in [0.15, 0.2) is 5.65 Å². The van der Waals surface area contributed by atoms with E-state index >= 15 is 0 Å². The molecule has 0 bridgehead atoms. The van der Waals surface area contributed by atoms with Gasteiger partial charge in [0.1, 0.15) is 0 Å². The van der Waals surface area contributed by atoms with Gasteiger partial charge in [-0.05, 0) is 58.0 Å². The predicted molar refractivity (Wildman–Crippen MR) is 114 cm³/mol. The summed E-state index contributed by atoms with van der Waals surface area (Å²) >= 11 is 6.22. The summed E-state index contributed by atoms with van der Waals surface area (Å²) in [4.78, 5) is 17.1. The van der Waals surface area contributed by atoms with Crippen molar-refractivity contribution in [2.45, 2.75) is 33.7 Å². The Morgan fingerprint density at radius 1 is 1.14 bits per heavy atom. The zero-order valence-corrected chi connectivity index (χ0v) is 17.4. The normalized spacial score (nSPS) is 11.4. The first-order valence-corrected chi connectivity index (χ1v) is 9.69. The summed E-state index contributed by atoms with van der Waals surface area (Å²) in [6, 6.07) is 9.31. The third-order valence-corrected chi connectivity index (χ3v) is 5.30. The van der Waals surface area contributed by atoms with Gasteiger partial charge in [-0.1, -0.05) is 11.6 Å². The first-order chi connectivity index (χ1) is 13.8. The molecular formula is C21H21ClN6O. The van der Waals surface area contributed by atoms with Crippen molar-refractivity contribution in [2.75, 3.05) is 5.32 Å². The third kappa shape index (κ3) is 3.49. The molecule has 0 saturated carbocycles. The largest absolute Gasteiger partial charge is 0.321 e. The molecule has 0 atom stereocenters. The maximum atomic E-state index is 12.6. The fraction of sp³-hybridized carbons (Fsp3) is 0.238. The maximum absolute atomic E-state index is 12.6. The summed E-state index contributed by atoms with van der Waals surface area (Å²) in [6.07, 6.45) is 3.40. The Hall–Kier alpha value is -3.19. The van der Waals surface area contributed by atoms with E-state index in [9.17, 15) is 4.79 Å². The number of rotatable bonds is 4. The molecular weight excluding hydrogens is 388 g/mol. The van der Waals surface area contributed by atoms with E-state index in [-0.39, 0.29) is 11.9 Å². The number of pyridine rings is 1. The minimum Gasteiger partial charge on any atom is -0.321 e. The van der Waals surface area contributed by atoms with E-state index in [2.05, 4.69) is 20.5 Å². The molecule has 29 heavy (non-hydrogen) atoms. The summed E-state index contributed by atoms with van der Waals surface area (Å²) in [6.45, 7) is 7.87. The molecule has 1 amide bonds. The molecule has 0 saturated heterocycles. The highest BCUT2D eigenvalue weighted by molar-refractivity contribution is 6.31. The third-order valence-electron chi connectivity index (χ3n) is 4.76. The van der Waals surface area contributed by atoms with Gasteiger partial charge in [0.05, 0.1) is 40.2 Å². The maximum Gasteiger partial charge on any atom is 0.255 e. The highest BCUT2D eigenvalue weighted by Gasteiger charge is 2.13. The van der Waals surface area contributed by atoms with E-state index in [0.717, 1.165) is 28.1 Å². The lowest BCUT2D eigenvalue weighted by molar-refractivity contribution is 0.102. The van der Waals surface area contributed by atoms with Crippen molar-refractivity contribution in [2.24, 2.45) is 0 Å². The van der Waals surface area contributed by atoms with E-state index in [4.69, 9.17) is 11.6 Å². The monoisotopic (exact) mass is 408 g/mol. The number of nitrogens with one attached hydrogen (secondary N) is 1. The van der Waals surface area contributed by atoms with Gasteiger partial charge < -0.3 is 5.32 Å². The summed E-state index contributed by atoms with van der Waals surface area (Å²) in [5.74, 6) is -0.208. The molecule has 4 aromatic rings. The summed E-state index contributed by atoms with van der Waals surface area (Å²) in [5, 5.41) is 13.2. The lowest BCUT2D eigenvalue weighted by Crippen LogP contribution is -2.12. The summed E-state index contributed by atoms with van der Waals surface area (Å²) in [5.41, 5.74) is 4.45. The lowest BCUT2D eigenvalue weighted by Gasteiger charge is -2.09. The summed E-state index contributed by atoms with van der Waals surface area (Å²) in [7, 11) is 0. The first kappa shape index (κ1) is 19.1. The van der Waals surface area contributed by atoms with Crippen molar-refractivity contribution in [3.8, 4) is 5.69 Å². The number of aryl methyl sites for hydroxylation is 1. The summed E-state index contributed by atoms with van der Waals surface area (Å²) < 4.78 is 3.62. The molecule has 3 heterocycles. The van der Waals surface area contributed by atoms with Gasteiger partial charge in [0, 0.05) is 17.0 Å². The van der Waals surface area contributed by atoms with Crippen LogP contribution in [-0.4, -0.2) is 30.5 Å². The fourth-order valence-corrected chi connectivity index (χ4v) is 3.34. The second-order valence-corrected chi connectivity index (χ2v) is 7.60. The van der Waals surface area contributed by atoms with Crippen LogP contribution in [0.5, 0.6) is 0 Å². The number of anilines is 1. The molecule has 0 spiro atoms. The van der Waals surface area contributed by atoms with E-state index in [1.807, 2.05) is 50.6 Å². The number of benzene rings is 1. The molecule has 8 heteroatoms. The van der Waals surface area contributed by atoms with Crippen molar-refractivity contribution < 1.29 is 4.79 Å². The molecule has 0 radical (unpaired) electrons. The Labute approximate surface area is 173 Å². The van der Waals surface area contributed by atoms with Crippen LogP contribution >= 0.6 is 11.6 Å². The average molecular weight is 409 g/mol. The molecule has 148 valence electrons. The number of carbonyl (C=O) groups is 1. The van der Waals surface area contributed by atoms with Crippen LogP contribution in [0, 0.1) is 13.8 Å². The Morgan fingerprint density at radius 2 is 1.86 bits per heavy atom. The van der Waals surface area contributed by atoms with E-state index < -0.39 is 0 Å². The number of hydrogen-bond acceptors (Lipinski definition) is 4. The van der Waals surface area contributed by atoms with E-state index in [1.54, 1.807) is 29.2 Å². The molecule has 1 N–H and O–H groups in total. The Morgan fingerprint density at radius 3 is 2.48 bits per heavy atom. The fourth-order valence-electron chi connectivity index (χ4n) is 3.22. The highest BCUT2D eigenvalue weighted by atomic mass is 35.5. The molecule has 0 aliphatic carbocycles. The van der Waals surface area contributed by atoms with Gasteiger partial charge in [0.25, 0.3) is 5.91 Å². The molecule has 0 aliphatic rings. The number of aromatic nitrogens is 5. The number of fused-ring (bicyclic) bond motifs is 1. The standard InChI is InChI=1S/C21H21ClN6O/c1-12(2)27-20-16(10-24-27)9-17(11-23-20)25-21(29)15-5-7-18(8-6-15)28-14(4)19(22)13(3)26-28/h5-12H,1-4H3,(H,25,29). The Bertz CT molecular complexity index is 1210. The van der Waals surface area contributed by atoms with Crippen LogP contribution in [0.2, 0.25) is 5.02 Å². The number of carbonyl (C=O) groups excluding carboxylic acids is 1. The topological polar surface area (TPSA) is 77.6 Å². The number of halogens is 1. The van der Waals surface area contributed by atoms with Crippen molar-refractivity contribution >= 4 is 34.2 Å². The molecule has 4 rings (SSSR count). The smallest absolute Gasteiger partial charge is 0.255 e. The van der Waals surface area contributed by atoms with Crippen LogP contribution < -0.4 is 5.32 Å². The molecule has 0 fully saturated rings. The van der Waals surface area contributed by atoms with Gasteiger partial charge in [0.2, 0.25) is 0 Å². The lowest BCUT2D eigenvalue weighted by atomic mass is 10.2. The molecule has 0 aliphatic heterocycles. The minimum absolute atomic E-state index is 0.208. The second-order valence-electron chi connectivity index (χ2n) is 7.22. The Kier molecular flexibility index (Phi) is 4.84. The predicted octanol–water partition coefficient (Wildman–Crippen LogP) is 4.72. The van der Waals surface area contributed by atoms with Gasteiger partial charge in [-0.25, -0.2) is 14.3 Å². The first-order valence-electron chi connectivity index (χ1n) is 9.32. The Balaban J connectivity index is 1.54. The van der Waals surface area contributed by atoms with Crippen LogP contribution in [0.25, 0.3) is 16.7 Å². The van der Waals surface area contributed by atoms with Gasteiger partial charge in [-0.3, -0.25) is 4.79 Å². The number of amides is 1. The molecule has 7 nitrogen and oxygen atoms in total. The molecule has 3 aromatic heterocycles. The SMILES string of the molecule is Cc1nn(-c2ccc(C(=O)Nc3cnc4c(cnn4C(C)C)c3)cc2)c(C)c1Cl. The quantitative estimate of drug-likeness (QED) is 0.530. The van der Waals surface area contributed by atoms with Crippen molar-refractivity contribution in [1.82, 2.24) is 24.5 Å². The van der Waals surface area contributed by atoms with E-state index in [1.165, 1.54) is 0 Å². The van der Waals surface area contributed by atoms with Crippen LogP contribution in [0.4, 0.5) is 5.69 Å². The minimum atomic E-state index is -0.208. The van der Waals surface area contributed by atoms with Crippen LogP contribution in [-0.2, 0) is 0 Å². The van der Waals surface area contributed by atoms with Crippen LogP contribution in [0.15, 0.2) is 42.7 Å². The van der Waals surface area contributed by atoms with Gasteiger partial charge in [-0.15, -0.1) is 0 Å². The van der Waals surface area contributed by atoms with E-state index in [0.29, 0.717) is 16.3 Å². The zero-order chi connectivity index (χ0) is 20.7. The van der Waals surface area contributed by atoms with Gasteiger partial charge in [-0.2, -0.15) is 10.2 Å². The van der Waals surface area contributed by atoms with Crippen molar-refractivity contribution in [1.29, 1.82) is 0 Å². The second kappa shape index (κ2) is 7.33. The van der Waals surface area contributed by atoms with Gasteiger partial charge >= 0.3 is 0 Å². The van der Waals surface area contributed by atoms with Crippen molar-refractivity contribution in [3.05, 3.63) is 64.7 Å².